The topological polar surface area (TPSA) is 38.9 Å². The molecule has 88 valence electrons. The van der Waals surface area contributed by atoms with Crippen LogP contribution in [0.4, 0.5) is 0 Å². The summed E-state index contributed by atoms with van der Waals surface area (Å²) in [4.78, 5) is 3.96. The molecule has 0 saturated heterocycles. The standard InChI is InChI=1S/C14H15ClN2/c1-2-10-3-5-11(6-4-10)14(16)12-7-8-17-9-13(12)15/h3-9,14H,2,16H2,1H3. The number of aryl methyl sites for hydroxylation is 1. The summed E-state index contributed by atoms with van der Waals surface area (Å²) < 4.78 is 0. The third-order valence-corrected chi connectivity index (χ3v) is 3.20. The highest BCUT2D eigenvalue weighted by Crippen LogP contribution is 2.25. The van der Waals surface area contributed by atoms with Gasteiger partial charge < -0.3 is 5.73 Å². The molecule has 0 radical (unpaired) electrons. The normalized spacial score (nSPS) is 12.4. The van der Waals surface area contributed by atoms with Crippen LogP contribution in [0.2, 0.25) is 5.02 Å². The van der Waals surface area contributed by atoms with Crippen LogP contribution in [0.25, 0.3) is 0 Å². The van der Waals surface area contributed by atoms with Crippen LogP contribution < -0.4 is 5.73 Å². The van der Waals surface area contributed by atoms with Gasteiger partial charge in [0.15, 0.2) is 0 Å². The molecule has 0 aliphatic carbocycles. The van der Waals surface area contributed by atoms with Gasteiger partial charge in [0.2, 0.25) is 0 Å². The Morgan fingerprint density at radius 1 is 1.24 bits per heavy atom. The summed E-state index contributed by atoms with van der Waals surface area (Å²) >= 11 is 6.09. The predicted molar refractivity (Wildman–Crippen MR) is 71.1 cm³/mol. The number of pyridine rings is 1. The zero-order valence-corrected chi connectivity index (χ0v) is 10.5. The fourth-order valence-corrected chi connectivity index (χ4v) is 2.02. The molecule has 0 amide bonds. The van der Waals surface area contributed by atoms with Crippen LogP contribution in [-0.2, 0) is 6.42 Å². The number of nitrogens with two attached hydrogens (primary N) is 1. The van der Waals surface area contributed by atoms with E-state index in [0.717, 1.165) is 17.5 Å². The minimum absolute atomic E-state index is 0.198. The van der Waals surface area contributed by atoms with Gasteiger partial charge in [-0.05, 0) is 29.2 Å². The first-order valence-electron chi connectivity index (χ1n) is 5.66. The number of benzene rings is 1. The van der Waals surface area contributed by atoms with Crippen molar-refractivity contribution in [2.24, 2.45) is 5.73 Å². The lowest BCUT2D eigenvalue weighted by molar-refractivity contribution is 0.866. The maximum Gasteiger partial charge on any atom is 0.0640 e. The molecule has 17 heavy (non-hydrogen) atoms. The lowest BCUT2D eigenvalue weighted by Crippen LogP contribution is -2.12. The fraction of sp³-hybridized carbons (Fsp3) is 0.214. The summed E-state index contributed by atoms with van der Waals surface area (Å²) in [5.74, 6) is 0. The van der Waals surface area contributed by atoms with Crippen LogP contribution in [0, 0.1) is 0 Å². The first-order valence-corrected chi connectivity index (χ1v) is 6.04. The predicted octanol–water partition coefficient (Wildman–Crippen LogP) is 3.35. The van der Waals surface area contributed by atoms with Gasteiger partial charge in [0, 0.05) is 12.4 Å². The van der Waals surface area contributed by atoms with Gasteiger partial charge in [-0.1, -0.05) is 42.8 Å². The minimum Gasteiger partial charge on any atom is -0.320 e. The average Bonchev–Trinajstić information content (AvgIpc) is 2.39. The number of hydrogen-bond acceptors (Lipinski definition) is 2. The molecule has 0 spiro atoms. The van der Waals surface area contributed by atoms with Crippen LogP contribution in [0.3, 0.4) is 0 Å². The quantitative estimate of drug-likeness (QED) is 0.902. The molecule has 2 N–H and O–H groups in total. The van der Waals surface area contributed by atoms with E-state index in [0.29, 0.717) is 5.02 Å². The van der Waals surface area contributed by atoms with Crippen LogP contribution in [0.15, 0.2) is 42.7 Å². The van der Waals surface area contributed by atoms with E-state index in [9.17, 15) is 0 Å². The van der Waals surface area contributed by atoms with Crippen molar-refractivity contribution in [3.63, 3.8) is 0 Å². The highest BCUT2D eigenvalue weighted by Gasteiger charge is 2.11. The van der Waals surface area contributed by atoms with E-state index in [-0.39, 0.29) is 6.04 Å². The van der Waals surface area contributed by atoms with E-state index in [1.807, 2.05) is 6.07 Å². The van der Waals surface area contributed by atoms with Gasteiger partial charge in [0.05, 0.1) is 11.1 Å². The molecule has 0 fully saturated rings. The number of halogens is 1. The van der Waals surface area contributed by atoms with Crippen molar-refractivity contribution in [2.75, 3.05) is 0 Å². The first kappa shape index (κ1) is 12.1. The highest BCUT2D eigenvalue weighted by atomic mass is 35.5. The molecule has 1 aromatic carbocycles. The highest BCUT2D eigenvalue weighted by molar-refractivity contribution is 6.31. The van der Waals surface area contributed by atoms with Crippen molar-refractivity contribution >= 4 is 11.6 Å². The van der Waals surface area contributed by atoms with E-state index in [1.165, 1.54) is 5.56 Å². The van der Waals surface area contributed by atoms with Gasteiger partial charge >= 0.3 is 0 Å². The molecule has 2 nitrogen and oxygen atoms in total. The molecule has 1 unspecified atom stereocenters. The van der Waals surface area contributed by atoms with Gasteiger partial charge in [-0.3, -0.25) is 4.98 Å². The maximum atomic E-state index is 6.20. The van der Waals surface area contributed by atoms with Crippen LogP contribution in [-0.4, -0.2) is 4.98 Å². The van der Waals surface area contributed by atoms with Gasteiger partial charge in [0.25, 0.3) is 0 Å². The molecule has 3 heteroatoms. The molecule has 1 aromatic heterocycles. The third kappa shape index (κ3) is 2.65. The Kier molecular flexibility index (Phi) is 3.77. The number of hydrogen-bond donors (Lipinski definition) is 1. The SMILES string of the molecule is CCc1ccc(C(N)c2ccncc2Cl)cc1. The maximum absolute atomic E-state index is 6.20. The monoisotopic (exact) mass is 246 g/mol. The summed E-state index contributed by atoms with van der Waals surface area (Å²) in [6.07, 6.45) is 4.37. The Morgan fingerprint density at radius 3 is 2.53 bits per heavy atom. The zero-order chi connectivity index (χ0) is 12.3. The smallest absolute Gasteiger partial charge is 0.0640 e. The van der Waals surface area contributed by atoms with Crippen molar-refractivity contribution in [1.82, 2.24) is 4.98 Å². The van der Waals surface area contributed by atoms with E-state index in [1.54, 1.807) is 12.4 Å². The Labute approximate surface area is 106 Å². The summed E-state index contributed by atoms with van der Waals surface area (Å²) in [5, 5.41) is 0.611. The van der Waals surface area contributed by atoms with Crippen molar-refractivity contribution in [2.45, 2.75) is 19.4 Å². The zero-order valence-electron chi connectivity index (χ0n) is 9.73. The second kappa shape index (κ2) is 5.30. The molecule has 0 aliphatic heterocycles. The number of aromatic nitrogens is 1. The number of rotatable bonds is 3. The largest absolute Gasteiger partial charge is 0.320 e. The van der Waals surface area contributed by atoms with Crippen LogP contribution in [0.1, 0.15) is 29.7 Å². The van der Waals surface area contributed by atoms with Crippen molar-refractivity contribution in [3.05, 3.63) is 64.4 Å². The molecule has 0 aliphatic rings. The summed E-state index contributed by atoms with van der Waals surface area (Å²) in [7, 11) is 0. The van der Waals surface area contributed by atoms with E-state index in [2.05, 4.69) is 36.2 Å². The summed E-state index contributed by atoms with van der Waals surface area (Å²) in [6.45, 7) is 2.13. The van der Waals surface area contributed by atoms with Gasteiger partial charge in [-0.2, -0.15) is 0 Å². The Morgan fingerprint density at radius 2 is 1.94 bits per heavy atom. The molecule has 1 atom stereocenters. The summed E-state index contributed by atoms with van der Waals surface area (Å²) in [6, 6.07) is 9.98. The Hall–Kier alpha value is -1.38. The van der Waals surface area contributed by atoms with Crippen LogP contribution in [0.5, 0.6) is 0 Å². The first-order chi connectivity index (χ1) is 8.22. The van der Waals surface area contributed by atoms with E-state index in [4.69, 9.17) is 17.3 Å². The lowest BCUT2D eigenvalue weighted by atomic mass is 9.99. The molecular weight excluding hydrogens is 232 g/mol. The van der Waals surface area contributed by atoms with E-state index < -0.39 is 0 Å². The number of nitrogens with zero attached hydrogens (tertiary/aromatic N) is 1. The van der Waals surface area contributed by atoms with Gasteiger partial charge in [0.1, 0.15) is 0 Å². The van der Waals surface area contributed by atoms with Crippen molar-refractivity contribution < 1.29 is 0 Å². The minimum atomic E-state index is -0.198. The molecular formula is C14H15ClN2. The third-order valence-electron chi connectivity index (χ3n) is 2.89. The summed E-state index contributed by atoms with van der Waals surface area (Å²) in [5.41, 5.74) is 9.48. The molecule has 1 heterocycles. The second-order valence-corrected chi connectivity index (χ2v) is 4.38. The molecule has 0 saturated carbocycles. The second-order valence-electron chi connectivity index (χ2n) is 3.97. The van der Waals surface area contributed by atoms with Gasteiger partial charge in [-0.15, -0.1) is 0 Å². The van der Waals surface area contributed by atoms with Crippen molar-refractivity contribution in [1.29, 1.82) is 0 Å². The molecule has 2 aromatic rings. The average molecular weight is 247 g/mol. The lowest BCUT2D eigenvalue weighted by Gasteiger charge is -2.14. The molecule has 2 rings (SSSR count). The fourth-order valence-electron chi connectivity index (χ4n) is 1.78. The molecule has 0 bridgehead atoms. The Bertz CT molecular complexity index is 494. The van der Waals surface area contributed by atoms with E-state index >= 15 is 0 Å². The van der Waals surface area contributed by atoms with Crippen LogP contribution >= 0.6 is 11.6 Å². The van der Waals surface area contributed by atoms with Gasteiger partial charge in [-0.25, -0.2) is 0 Å². The Balaban J connectivity index is 2.30. The van der Waals surface area contributed by atoms with Crippen molar-refractivity contribution in [3.8, 4) is 0 Å².